The number of rotatable bonds is 12. The highest BCUT2D eigenvalue weighted by atomic mass is 35.5. The number of hydrogen-bond acceptors (Lipinski definition) is 4. The predicted molar refractivity (Wildman–Crippen MR) is 106 cm³/mol. The molecule has 0 saturated heterocycles. The largest absolute Gasteiger partial charge is 0.490 e. The van der Waals surface area contributed by atoms with Gasteiger partial charge in [0.1, 0.15) is 12.4 Å². The van der Waals surface area contributed by atoms with Crippen LogP contribution in [0.25, 0.3) is 0 Å². The Morgan fingerprint density at radius 1 is 1.04 bits per heavy atom. The van der Waals surface area contributed by atoms with Crippen molar-refractivity contribution in [2.24, 2.45) is 0 Å². The summed E-state index contributed by atoms with van der Waals surface area (Å²) in [4.78, 5) is 0. The lowest BCUT2D eigenvalue weighted by Gasteiger charge is -2.14. The molecule has 2 aromatic rings. The Bertz CT molecular complexity index is 692. The zero-order chi connectivity index (χ0) is 19.5. The minimum atomic E-state index is -0.381. The third kappa shape index (κ3) is 7.01. The van der Waals surface area contributed by atoms with Gasteiger partial charge in [0, 0.05) is 25.3 Å². The van der Waals surface area contributed by atoms with Crippen molar-refractivity contribution >= 4 is 11.6 Å². The molecule has 27 heavy (non-hydrogen) atoms. The van der Waals surface area contributed by atoms with E-state index in [0.717, 1.165) is 38.3 Å². The summed E-state index contributed by atoms with van der Waals surface area (Å²) in [6.07, 6.45) is 0.969. The molecule has 2 aromatic carbocycles. The molecule has 0 spiro atoms. The minimum Gasteiger partial charge on any atom is -0.490 e. The third-order valence-corrected chi connectivity index (χ3v) is 4.27. The highest BCUT2D eigenvalue weighted by molar-refractivity contribution is 6.31. The highest BCUT2D eigenvalue weighted by Gasteiger charge is 2.11. The molecular formula is C21H27ClFNO3. The van der Waals surface area contributed by atoms with Crippen LogP contribution < -0.4 is 14.8 Å². The van der Waals surface area contributed by atoms with Gasteiger partial charge in [-0.05, 0) is 56.6 Å². The van der Waals surface area contributed by atoms with Gasteiger partial charge in [0.05, 0.1) is 11.6 Å². The topological polar surface area (TPSA) is 39.7 Å². The maximum absolute atomic E-state index is 13.9. The number of benzene rings is 2. The van der Waals surface area contributed by atoms with Crippen LogP contribution in [-0.4, -0.2) is 26.4 Å². The highest BCUT2D eigenvalue weighted by Crippen LogP contribution is 2.30. The van der Waals surface area contributed by atoms with E-state index in [1.165, 1.54) is 6.07 Å². The predicted octanol–water partition coefficient (Wildman–Crippen LogP) is 4.97. The Balaban J connectivity index is 1.96. The Kier molecular flexibility index (Phi) is 9.39. The van der Waals surface area contributed by atoms with Crippen LogP contribution in [-0.2, 0) is 17.9 Å². The number of halogens is 2. The van der Waals surface area contributed by atoms with Gasteiger partial charge >= 0.3 is 0 Å². The van der Waals surface area contributed by atoms with E-state index in [2.05, 4.69) is 5.32 Å². The van der Waals surface area contributed by atoms with Crippen molar-refractivity contribution in [3.63, 3.8) is 0 Å². The van der Waals surface area contributed by atoms with Crippen LogP contribution in [0.3, 0.4) is 0 Å². The molecule has 0 heterocycles. The van der Waals surface area contributed by atoms with Crippen LogP contribution in [0.2, 0.25) is 5.02 Å². The van der Waals surface area contributed by atoms with Gasteiger partial charge in [-0.3, -0.25) is 0 Å². The molecule has 4 nitrogen and oxygen atoms in total. The van der Waals surface area contributed by atoms with Crippen LogP contribution in [0.5, 0.6) is 11.5 Å². The van der Waals surface area contributed by atoms with Gasteiger partial charge in [-0.25, -0.2) is 4.39 Å². The first-order chi connectivity index (χ1) is 13.2. The minimum absolute atomic E-state index is 0.0423. The molecule has 148 valence electrons. The summed E-state index contributed by atoms with van der Waals surface area (Å²) in [5.41, 5.74) is 1.42. The number of ether oxygens (including phenoxy) is 3. The Labute approximate surface area is 165 Å². The van der Waals surface area contributed by atoms with Crippen LogP contribution in [0, 0.1) is 5.82 Å². The summed E-state index contributed by atoms with van der Waals surface area (Å²) >= 11 is 6.06. The van der Waals surface area contributed by atoms with E-state index in [1.807, 2.05) is 32.0 Å². The van der Waals surface area contributed by atoms with Crippen molar-refractivity contribution in [1.29, 1.82) is 0 Å². The van der Waals surface area contributed by atoms with Gasteiger partial charge in [-0.2, -0.15) is 0 Å². The molecule has 1 N–H and O–H groups in total. The Hall–Kier alpha value is -1.82. The summed E-state index contributed by atoms with van der Waals surface area (Å²) in [5.74, 6) is 0.822. The molecule has 0 aliphatic carbocycles. The maximum atomic E-state index is 13.9. The smallest absolute Gasteiger partial charge is 0.161 e. The molecule has 0 bridgehead atoms. The first kappa shape index (κ1) is 21.5. The fourth-order valence-corrected chi connectivity index (χ4v) is 2.76. The summed E-state index contributed by atoms with van der Waals surface area (Å²) in [6, 6.07) is 10.3. The van der Waals surface area contributed by atoms with Crippen molar-refractivity contribution in [3.8, 4) is 11.5 Å². The van der Waals surface area contributed by atoms with Crippen molar-refractivity contribution in [2.75, 3.05) is 26.4 Å². The van der Waals surface area contributed by atoms with Gasteiger partial charge in [0.25, 0.3) is 0 Å². The van der Waals surface area contributed by atoms with Crippen LogP contribution in [0.15, 0.2) is 36.4 Å². The summed E-state index contributed by atoms with van der Waals surface area (Å²) in [6.45, 7) is 7.58. The molecule has 2 rings (SSSR count). The molecule has 0 amide bonds. The SMILES string of the molecule is CCOCCCNCc1ccc(OCc2c(F)cccc2Cl)c(OCC)c1. The molecule has 0 aliphatic heterocycles. The lowest BCUT2D eigenvalue weighted by atomic mass is 10.2. The van der Waals surface area contributed by atoms with E-state index in [9.17, 15) is 4.39 Å². The van der Waals surface area contributed by atoms with Crippen LogP contribution >= 0.6 is 11.6 Å². The molecule has 0 fully saturated rings. The van der Waals surface area contributed by atoms with Crippen molar-refractivity contribution in [2.45, 2.75) is 33.4 Å². The molecule has 0 atom stereocenters. The molecule has 6 heteroatoms. The average molecular weight is 396 g/mol. The fourth-order valence-electron chi connectivity index (χ4n) is 2.55. The van der Waals surface area contributed by atoms with E-state index >= 15 is 0 Å². The maximum Gasteiger partial charge on any atom is 0.161 e. The first-order valence-corrected chi connectivity index (χ1v) is 9.63. The van der Waals surface area contributed by atoms with E-state index in [4.69, 9.17) is 25.8 Å². The van der Waals surface area contributed by atoms with E-state index in [-0.39, 0.29) is 12.4 Å². The van der Waals surface area contributed by atoms with Crippen LogP contribution in [0.1, 0.15) is 31.4 Å². The van der Waals surface area contributed by atoms with Crippen molar-refractivity contribution in [3.05, 3.63) is 58.4 Å². The van der Waals surface area contributed by atoms with Crippen molar-refractivity contribution in [1.82, 2.24) is 5.32 Å². The van der Waals surface area contributed by atoms with Gasteiger partial charge in [0.2, 0.25) is 0 Å². The number of hydrogen-bond donors (Lipinski definition) is 1. The molecule has 0 aromatic heterocycles. The summed E-state index contributed by atoms with van der Waals surface area (Å²) < 4.78 is 30.7. The van der Waals surface area contributed by atoms with E-state index in [0.29, 0.717) is 28.7 Å². The molecule has 0 unspecified atom stereocenters. The second-order valence-electron chi connectivity index (χ2n) is 5.93. The standard InChI is InChI=1S/C21H27ClFNO3/c1-3-25-12-6-11-24-14-16-9-10-20(21(13-16)26-4-2)27-15-17-18(22)7-5-8-19(17)23/h5,7-10,13,24H,3-4,6,11-12,14-15H2,1-2H3. The molecule has 0 saturated carbocycles. The van der Waals surface area contributed by atoms with Crippen LogP contribution in [0.4, 0.5) is 4.39 Å². The van der Waals surface area contributed by atoms with Gasteiger partial charge in [0.15, 0.2) is 11.5 Å². The average Bonchev–Trinajstić information content (AvgIpc) is 2.66. The van der Waals surface area contributed by atoms with Gasteiger partial charge in [-0.1, -0.05) is 23.7 Å². The second-order valence-corrected chi connectivity index (χ2v) is 6.34. The molecule has 0 radical (unpaired) electrons. The summed E-state index contributed by atoms with van der Waals surface area (Å²) in [7, 11) is 0. The summed E-state index contributed by atoms with van der Waals surface area (Å²) in [5, 5.41) is 3.73. The lowest BCUT2D eigenvalue weighted by molar-refractivity contribution is 0.144. The van der Waals surface area contributed by atoms with Gasteiger partial charge in [-0.15, -0.1) is 0 Å². The zero-order valence-electron chi connectivity index (χ0n) is 15.9. The van der Waals surface area contributed by atoms with Crippen molar-refractivity contribution < 1.29 is 18.6 Å². The zero-order valence-corrected chi connectivity index (χ0v) is 16.7. The van der Waals surface area contributed by atoms with Gasteiger partial charge < -0.3 is 19.5 Å². The fraction of sp³-hybridized carbons (Fsp3) is 0.429. The Morgan fingerprint density at radius 2 is 1.89 bits per heavy atom. The monoisotopic (exact) mass is 395 g/mol. The quantitative estimate of drug-likeness (QED) is 0.515. The van der Waals surface area contributed by atoms with E-state index < -0.39 is 0 Å². The first-order valence-electron chi connectivity index (χ1n) is 9.25. The second kappa shape index (κ2) is 11.8. The normalized spacial score (nSPS) is 10.8. The molecule has 0 aliphatic rings. The molecular weight excluding hydrogens is 369 g/mol. The lowest BCUT2D eigenvalue weighted by Crippen LogP contribution is -2.16. The van der Waals surface area contributed by atoms with E-state index in [1.54, 1.807) is 12.1 Å². The Morgan fingerprint density at radius 3 is 2.63 bits per heavy atom. The number of nitrogens with one attached hydrogen (secondary N) is 1. The third-order valence-electron chi connectivity index (χ3n) is 3.92.